The fourth-order valence-electron chi connectivity index (χ4n) is 1.61. The normalized spacial score (nSPS) is 12.7. The first-order valence-corrected chi connectivity index (χ1v) is 5.67. The number of rotatable bonds is 3. The molecule has 0 aromatic carbocycles. The molecule has 0 saturated heterocycles. The van der Waals surface area contributed by atoms with Gasteiger partial charge in [-0.2, -0.15) is 11.3 Å². The molecule has 0 aliphatic carbocycles. The van der Waals surface area contributed by atoms with Crippen LogP contribution in [0.1, 0.15) is 22.9 Å². The Morgan fingerprint density at radius 2 is 2.33 bits per heavy atom. The Kier molecular flexibility index (Phi) is 3.11. The predicted molar refractivity (Wildman–Crippen MR) is 62.5 cm³/mol. The van der Waals surface area contributed by atoms with Crippen molar-refractivity contribution in [2.24, 2.45) is 5.84 Å². The van der Waals surface area contributed by atoms with Crippen LogP contribution in [0, 0.1) is 6.92 Å². The van der Waals surface area contributed by atoms with Crippen molar-refractivity contribution in [3.8, 4) is 0 Å². The van der Waals surface area contributed by atoms with Gasteiger partial charge in [0.15, 0.2) is 0 Å². The summed E-state index contributed by atoms with van der Waals surface area (Å²) < 4.78 is 0. The second-order valence-electron chi connectivity index (χ2n) is 3.33. The summed E-state index contributed by atoms with van der Waals surface area (Å²) in [5.41, 5.74) is 6.14. The predicted octanol–water partition coefficient (Wildman–Crippen LogP) is 2.00. The van der Waals surface area contributed by atoms with Crippen molar-refractivity contribution in [3.05, 3.63) is 52.0 Å². The van der Waals surface area contributed by atoms with Crippen molar-refractivity contribution >= 4 is 11.3 Å². The Bertz CT molecular complexity index is 425. The van der Waals surface area contributed by atoms with Gasteiger partial charge in [-0.3, -0.25) is 10.8 Å². The van der Waals surface area contributed by atoms with E-state index < -0.39 is 0 Å². The minimum absolute atomic E-state index is 0.0324. The monoisotopic (exact) mass is 219 g/mol. The molecule has 2 aromatic rings. The van der Waals surface area contributed by atoms with E-state index >= 15 is 0 Å². The maximum atomic E-state index is 5.59. The number of aryl methyl sites for hydroxylation is 1. The lowest BCUT2D eigenvalue weighted by Gasteiger charge is -2.16. The molecule has 0 spiro atoms. The molecule has 3 N–H and O–H groups in total. The van der Waals surface area contributed by atoms with E-state index in [2.05, 4.69) is 21.9 Å². The van der Waals surface area contributed by atoms with Crippen LogP contribution in [0.5, 0.6) is 0 Å². The Morgan fingerprint density at radius 3 is 2.93 bits per heavy atom. The van der Waals surface area contributed by atoms with E-state index in [0.717, 1.165) is 11.3 Å². The highest BCUT2D eigenvalue weighted by Crippen LogP contribution is 2.24. The van der Waals surface area contributed by atoms with Crippen molar-refractivity contribution in [1.82, 2.24) is 10.4 Å². The van der Waals surface area contributed by atoms with Crippen LogP contribution >= 0.6 is 11.3 Å². The van der Waals surface area contributed by atoms with Crippen LogP contribution in [-0.4, -0.2) is 4.98 Å². The molecule has 0 aliphatic rings. The summed E-state index contributed by atoms with van der Waals surface area (Å²) in [5, 5.41) is 4.14. The summed E-state index contributed by atoms with van der Waals surface area (Å²) in [7, 11) is 0. The van der Waals surface area contributed by atoms with Gasteiger partial charge in [-0.05, 0) is 40.9 Å². The van der Waals surface area contributed by atoms with E-state index in [4.69, 9.17) is 5.84 Å². The molecule has 0 bridgehead atoms. The lowest BCUT2D eigenvalue weighted by Crippen LogP contribution is -2.29. The highest BCUT2D eigenvalue weighted by atomic mass is 32.1. The Morgan fingerprint density at radius 1 is 1.47 bits per heavy atom. The molecule has 0 radical (unpaired) electrons. The molecule has 2 rings (SSSR count). The molecule has 0 aliphatic heterocycles. The molecule has 3 nitrogen and oxygen atoms in total. The van der Waals surface area contributed by atoms with Gasteiger partial charge < -0.3 is 0 Å². The van der Waals surface area contributed by atoms with Gasteiger partial charge in [-0.25, -0.2) is 5.43 Å². The number of hydrogen-bond acceptors (Lipinski definition) is 4. The first-order valence-electron chi connectivity index (χ1n) is 4.72. The van der Waals surface area contributed by atoms with E-state index in [0.29, 0.717) is 0 Å². The highest BCUT2D eigenvalue weighted by molar-refractivity contribution is 7.08. The zero-order chi connectivity index (χ0) is 10.7. The molecule has 78 valence electrons. The number of aromatic nitrogens is 1. The summed E-state index contributed by atoms with van der Waals surface area (Å²) in [5.74, 6) is 5.59. The first-order chi connectivity index (χ1) is 7.33. The molecule has 1 unspecified atom stereocenters. The fourth-order valence-corrected chi connectivity index (χ4v) is 2.29. The van der Waals surface area contributed by atoms with Crippen LogP contribution in [0.2, 0.25) is 0 Å². The third-order valence-corrected chi connectivity index (χ3v) is 3.10. The number of hydrazine groups is 1. The van der Waals surface area contributed by atoms with Crippen LogP contribution < -0.4 is 11.3 Å². The summed E-state index contributed by atoms with van der Waals surface area (Å²) in [6.45, 7) is 1.99. The van der Waals surface area contributed by atoms with Gasteiger partial charge in [0, 0.05) is 11.9 Å². The lowest BCUT2D eigenvalue weighted by molar-refractivity contribution is 0.632. The number of nitrogens with one attached hydrogen (secondary N) is 1. The van der Waals surface area contributed by atoms with E-state index in [1.807, 2.05) is 24.4 Å². The van der Waals surface area contributed by atoms with Crippen LogP contribution in [0.3, 0.4) is 0 Å². The van der Waals surface area contributed by atoms with Gasteiger partial charge in [-0.1, -0.05) is 6.07 Å². The minimum atomic E-state index is 0.0324. The van der Waals surface area contributed by atoms with Crippen LogP contribution in [0.4, 0.5) is 0 Å². The fraction of sp³-hybridized carbons (Fsp3) is 0.182. The Hall–Kier alpha value is -1.23. The zero-order valence-corrected chi connectivity index (χ0v) is 9.29. The van der Waals surface area contributed by atoms with E-state index in [9.17, 15) is 0 Å². The maximum absolute atomic E-state index is 5.59. The number of thiophene rings is 1. The lowest BCUT2D eigenvalue weighted by atomic mass is 10.0. The smallest absolute Gasteiger partial charge is 0.0735 e. The van der Waals surface area contributed by atoms with E-state index in [1.54, 1.807) is 17.5 Å². The largest absolute Gasteiger partial charge is 0.271 e. The van der Waals surface area contributed by atoms with Crippen molar-refractivity contribution in [2.45, 2.75) is 13.0 Å². The van der Waals surface area contributed by atoms with Gasteiger partial charge in [0.25, 0.3) is 0 Å². The number of hydrogen-bond donors (Lipinski definition) is 2. The van der Waals surface area contributed by atoms with Crippen LogP contribution in [0.25, 0.3) is 0 Å². The average molecular weight is 219 g/mol. The van der Waals surface area contributed by atoms with Gasteiger partial charge in [0.1, 0.15) is 0 Å². The Balaban J connectivity index is 2.40. The zero-order valence-electron chi connectivity index (χ0n) is 8.47. The second kappa shape index (κ2) is 4.53. The molecule has 1 atom stereocenters. The minimum Gasteiger partial charge on any atom is -0.271 e. The summed E-state index contributed by atoms with van der Waals surface area (Å²) in [6.07, 6.45) is 1.79. The molecular weight excluding hydrogens is 206 g/mol. The summed E-state index contributed by atoms with van der Waals surface area (Å²) in [6, 6.07) is 6.08. The van der Waals surface area contributed by atoms with Crippen molar-refractivity contribution < 1.29 is 0 Å². The van der Waals surface area contributed by atoms with Gasteiger partial charge in [0.2, 0.25) is 0 Å². The first kappa shape index (κ1) is 10.3. The van der Waals surface area contributed by atoms with Crippen molar-refractivity contribution in [2.75, 3.05) is 0 Å². The third kappa shape index (κ3) is 2.07. The molecule has 0 saturated carbocycles. The van der Waals surface area contributed by atoms with E-state index in [-0.39, 0.29) is 6.04 Å². The highest BCUT2D eigenvalue weighted by Gasteiger charge is 2.14. The third-order valence-electron chi connectivity index (χ3n) is 2.40. The summed E-state index contributed by atoms with van der Waals surface area (Å²) >= 11 is 1.67. The molecule has 4 heteroatoms. The van der Waals surface area contributed by atoms with Crippen LogP contribution in [-0.2, 0) is 0 Å². The average Bonchev–Trinajstić information content (AvgIpc) is 2.75. The SMILES string of the molecule is Cc1ncccc1C(NN)c1ccsc1. The molecular formula is C11H13N3S. The van der Waals surface area contributed by atoms with Crippen LogP contribution in [0.15, 0.2) is 35.2 Å². The molecule has 0 amide bonds. The number of pyridine rings is 1. The molecule has 0 fully saturated rings. The molecule has 15 heavy (non-hydrogen) atoms. The quantitative estimate of drug-likeness (QED) is 0.613. The topological polar surface area (TPSA) is 50.9 Å². The Labute approximate surface area is 92.9 Å². The van der Waals surface area contributed by atoms with Crippen molar-refractivity contribution in [3.63, 3.8) is 0 Å². The van der Waals surface area contributed by atoms with E-state index in [1.165, 1.54) is 5.56 Å². The number of nitrogens with two attached hydrogens (primary N) is 1. The van der Waals surface area contributed by atoms with Gasteiger partial charge >= 0.3 is 0 Å². The van der Waals surface area contributed by atoms with Crippen molar-refractivity contribution in [1.29, 1.82) is 0 Å². The standard InChI is InChI=1S/C11H13N3S/c1-8-10(3-2-5-13-8)11(14-12)9-4-6-15-7-9/h2-7,11,14H,12H2,1H3. The van der Waals surface area contributed by atoms with Gasteiger partial charge in [0.05, 0.1) is 6.04 Å². The summed E-state index contributed by atoms with van der Waals surface area (Å²) in [4.78, 5) is 4.27. The second-order valence-corrected chi connectivity index (χ2v) is 4.11. The molecule has 2 aromatic heterocycles. The molecule has 2 heterocycles. The van der Waals surface area contributed by atoms with Gasteiger partial charge in [-0.15, -0.1) is 0 Å². The number of nitrogens with zero attached hydrogens (tertiary/aromatic N) is 1. The maximum Gasteiger partial charge on any atom is 0.0735 e.